The third-order valence-electron chi connectivity index (χ3n) is 4.57. The first-order chi connectivity index (χ1) is 10.1. The zero-order valence-corrected chi connectivity index (χ0v) is 12.6. The molecule has 21 heavy (non-hydrogen) atoms. The number of nitrogens with zero attached hydrogens (tertiary/aromatic N) is 3. The molecule has 1 unspecified atom stereocenters. The van der Waals surface area contributed by atoms with Crippen LogP contribution in [-0.4, -0.2) is 45.0 Å². The number of likely N-dealkylation sites (tertiary alicyclic amines) is 1. The van der Waals surface area contributed by atoms with E-state index in [0.717, 1.165) is 49.8 Å². The number of aryl methyl sites for hydroxylation is 1. The van der Waals surface area contributed by atoms with Crippen molar-refractivity contribution in [2.24, 2.45) is 0 Å². The number of aliphatic hydroxyl groups excluding tert-OH is 1. The lowest BCUT2D eigenvalue weighted by Gasteiger charge is -2.34. The number of para-hydroxylation sites is 1. The van der Waals surface area contributed by atoms with Gasteiger partial charge in [0.05, 0.1) is 11.6 Å². The maximum absolute atomic E-state index is 9.58. The molecular formula is C16H24N4O. The number of aliphatic hydroxyl groups is 1. The fourth-order valence-corrected chi connectivity index (χ4v) is 3.14. The first-order valence-electron chi connectivity index (χ1n) is 7.78. The largest absolute Gasteiger partial charge is 0.393 e. The number of benzene rings is 1. The summed E-state index contributed by atoms with van der Waals surface area (Å²) >= 11 is 0. The van der Waals surface area contributed by atoms with Gasteiger partial charge in [-0.15, -0.1) is 0 Å². The zero-order chi connectivity index (χ0) is 14.8. The fourth-order valence-electron chi connectivity index (χ4n) is 3.14. The van der Waals surface area contributed by atoms with Gasteiger partial charge in [0.15, 0.2) is 5.82 Å². The van der Waals surface area contributed by atoms with Gasteiger partial charge in [-0.2, -0.15) is 5.10 Å². The van der Waals surface area contributed by atoms with Gasteiger partial charge in [-0.3, -0.25) is 4.68 Å². The van der Waals surface area contributed by atoms with E-state index in [4.69, 9.17) is 5.73 Å². The third-order valence-corrected chi connectivity index (χ3v) is 4.57. The highest BCUT2D eigenvalue weighted by atomic mass is 16.3. The minimum Gasteiger partial charge on any atom is -0.393 e. The third kappa shape index (κ3) is 3.04. The number of hydrogen-bond donors (Lipinski definition) is 2. The predicted molar refractivity (Wildman–Crippen MR) is 85.0 cm³/mol. The molecule has 1 aromatic heterocycles. The van der Waals surface area contributed by atoms with Crippen LogP contribution in [0.1, 0.15) is 26.2 Å². The van der Waals surface area contributed by atoms with Crippen molar-refractivity contribution in [1.82, 2.24) is 14.7 Å². The first kappa shape index (κ1) is 14.4. The lowest BCUT2D eigenvalue weighted by atomic mass is 10.0. The maximum atomic E-state index is 9.58. The highest BCUT2D eigenvalue weighted by Crippen LogP contribution is 2.21. The van der Waals surface area contributed by atoms with Crippen molar-refractivity contribution in [3.63, 3.8) is 0 Å². The van der Waals surface area contributed by atoms with Crippen molar-refractivity contribution in [2.45, 2.75) is 44.9 Å². The molecule has 0 radical (unpaired) electrons. The number of rotatable bonds is 4. The predicted octanol–water partition coefficient (Wildman–Crippen LogP) is 1.85. The van der Waals surface area contributed by atoms with E-state index in [1.807, 2.05) is 22.9 Å². The lowest BCUT2D eigenvalue weighted by Crippen LogP contribution is -2.41. The molecule has 3 N–H and O–H groups in total. The molecule has 114 valence electrons. The molecule has 2 aromatic rings. The van der Waals surface area contributed by atoms with Crippen LogP contribution in [0.25, 0.3) is 10.9 Å². The molecule has 0 saturated carbocycles. The van der Waals surface area contributed by atoms with Crippen LogP contribution < -0.4 is 5.73 Å². The van der Waals surface area contributed by atoms with E-state index >= 15 is 0 Å². The molecule has 1 aliphatic rings. The molecular weight excluding hydrogens is 264 g/mol. The van der Waals surface area contributed by atoms with Crippen LogP contribution in [0.4, 0.5) is 5.82 Å². The molecule has 1 aliphatic heterocycles. The molecule has 1 fully saturated rings. The average molecular weight is 288 g/mol. The Morgan fingerprint density at radius 1 is 1.33 bits per heavy atom. The van der Waals surface area contributed by atoms with Crippen molar-refractivity contribution in [1.29, 1.82) is 0 Å². The molecule has 1 atom stereocenters. The van der Waals surface area contributed by atoms with Crippen molar-refractivity contribution < 1.29 is 5.11 Å². The Balaban J connectivity index is 1.64. The SMILES string of the molecule is CC(CCn1nc(N)c2ccccc21)N1CCC(O)CC1. The van der Waals surface area contributed by atoms with E-state index in [-0.39, 0.29) is 6.10 Å². The summed E-state index contributed by atoms with van der Waals surface area (Å²) in [5.41, 5.74) is 7.08. The van der Waals surface area contributed by atoms with Crippen LogP contribution in [0.15, 0.2) is 24.3 Å². The van der Waals surface area contributed by atoms with Gasteiger partial charge in [-0.05, 0) is 38.3 Å². The van der Waals surface area contributed by atoms with E-state index in [0.29, 0.717) is 11.9 Å². The van der Waals surface area contributed by atoms with Gasteiger partial charge in [-0.25, -0.2) is 0 Å². The Hall–Kier alpha value is -1.59. The minimum atomic E-state index is -0.108. The molecule has 3 rings (SSSR count). The Morgan fingerprint density at radius 2 is 2.05 bits per heavy atom. The lowest BCUT2D eigenvalue weighted by molar-refractivity contribution is 0.0616. The van der Waals surface area contributed by atoms with Gasteiger partial charge in [0.1, 0.15) is 0 Å². The Kier molecular flexibility index (Phi) is 4.12. The highest BCUT2D eigenvalue weighted by molar-refractivity contribution is 5.88. The molecule has 1 aromatic carbocycles. The summed E-state index contributed by atoms with van der Waals surface area (Å²) in [6.07, 6.45) is 2.72. The van der Waals surface area contributed by atoms with Gasteiger partial charge in [0.25, 0.3) is 0 Å². The second-order valence-corrected chi connectivity index (χ2v) is 6.03. The number of nitrogen functional groups attached to an aromatic ring is 1. The Bertz CT molecular complexity index is 601. The molecule has 0 spiro atoms. The number of aromatic nitrogens is 2. The summed E-state index contributed by atoms with van der Waals surface area (Å²) in [4.78, 5) is 2.46. The standard InChI is InChI=1S/C16H24N4O/c1-12(19-9-7-13(21)8-10-19)6-11-20-15-5-3-2-4-14(15)16(17)18-20/h2-5,12-13,21H,6-11H2,1H3,(H2,17,18). The number of fused-ring (bicyclic) bond motifs is 1. The second kappa shape index (κ2) is 6.03. The summed E-state index contributed by atoms with van der Waals surface area (Å²) in [6, 6.07) is 8.60. The summed E-state index contributed by atoms with van der Waals surface area (Å²) < 4.78 is 2.01. The summed E-state index contributed by atoms with van der Waals surface area (Å²) in [5.74, 6) is 0.611. The van der Waals surface area contributed by atoms with Crippen LogP contribution >= 0.6 is 0 Å². The van der Waals surface area contributed by atoms with Crippen molar-refractivity contribution >= 4 is 16.7 Å². The van der Waals surface area contributed by atoms with Gasteiger partial charge in [-0.1, -0.05) is 12.1 Å². The normalized spacial score (nSPS) is 19.1. The van der Waals surface area contributed by atoms with E-state index in [2.05, 4.69) is 23.0 Å². The van der Waals surface area contributed by atoms with Crippen LogP contribution in [-0.2, 0) is 6.54 Å². The van der Waals surface area contributed by atoms with Crippen molar-refractivity contribution in [3.8, 4) is 0 Å². The van der Waals surface area contributed by atoms with Crippen LogP contribution in [0.5, 0.6) is 0 Å². The maximum Gasteiger partial charge on any atom is 0.153 e. The monoisotopic (exact) mass is 288 g/mol. The van der Waals surface area contributed by atoms with Crippen molar-refractivity contribution in [2.75, 3.05) is 18.8 Å². The summed E-state index contributed by atoms with van der Waals surface area (Å²) in [7, 11) is 0. The quantitative estimate of drug-likeness (QED) is 0.901. The van der Waals surface area contributed by atoms with Crippen molar-refractivity contribution in [3.05, 3.63) is 24.3 Å². The smallest absolute Gasteiger partial charge is 0.153 e. The molecule has 1 saturated heterocycles. The summed E-state index contributed by atoms with van der Waals surface area (Å²) in [6.45, 7) is 5.11. The number of piperidine rings is 1. The van der Waals surface area contributed by atoms with Crippen LogP contribution in [0, 0.1) is 0 Å². The molecule has 0 aliphatic carbocycles. The van der Waals surface area contributed by atoms with Gasteiger partial charge >= 0.3 is 0 Å². The van der Waals surface area contributed by atoms with Crippen LogP contribution in [0.2, 0.25) is 0 Å². The Labute approximate surface area is 125 Å². The number of nitrogens with two attached hydrogens (primary N) is 1. The topological polar surface area (TPSA) is 67.3 Å². The molecule has 5 nitrogen and oxygen atoms in total. The summed E-state index contributed by atoms with van der Waals surface area (Å²) in [5, 5.41) is 15.1. The number of anilines is 1. The number of hydrogen-bond acceptors (Lipinski definition) is 4. The van der Waals surface area contributed by atoms with Gasteiger partial charge in [0, 0.05) is 31.1 Å². The fraction of sp³-hybridized carbons (Fsp3) is 0.562. The zero-order valence-electron chi connectivity index (χ0n) is 12.6. The Morgan fingerprint density at radius 3 is 2.81 bits per heavy atom. The molecule has 0 bridgehead atoms. The second-order valence-electron chi connectivity index (χ2n) is 6.03. The van der Waals surface area contributed by atoms with E-state index < -0.39 is 0 Å². The van der Waals surface area contributed by atoms with E-state index in [1.165, 1.54) is 0 Å². The molecule has 5 heteroatoms. The van der Waals surface area contributed by atoms with E-state index in [1.54, 1.807) is 0 Å². The highest BCUT2D eigenvalue weighted by Gasteiger charge is 2.21. The molecule has 2 heterocycles. The van der Waals surface area contributed by atoms with E-state index in [9.17, 15) is 5.11 Å². The van der Waals surface area contributed by atoms with Gasteiger partial charge in [0.2, 0.25) is 0 Å². The average Bonchev–Trinajstić information content (AvgIpc) is 2.83. The first-order valence-corrected chi connectivity index (χ1v) is 7.78. The van der Waals surface area contributed by atoms with Crippen LogP contribution in [0.3, 0.4) is 0 Å². The molecule has 0 amide bonds. The minimum absolute atomic E-state index is 0.108. The van der Waals surface area contributed by atoms with Gasteiger partial charge < -0.3 is 15.7 Å².